The number of hydrogen-bond acceptors (Lipinski definition) is 2. The number of carbonyl (C=O) groups is 1. The highest BCUT2D eigenvalue weighted by molar-refractivity contribution is 6.34. The Bertz CT molecular complexity index is 1340. The second-order valence-electron chi connectivity index (χ2n) is 9.42. The number of aryl methyl sites for hydroxylation is 2. The van der Waals surface area contributed by atoms with E-state index < -0.39 is 0 Å². The SMILES string of the molecule is Cc1cc2oc(NC(=O)Nc3c(C(C)C)cccc3C(C)C)c(-c3ccccc3Cl)c2cc1C. The molecular weight excluding hydrogens is 444 g/mol. The molecule has 4 aromatic rings. The number of rotatable bonds is 5. The van der Waals surface area contributed by atoms with Gasteiger partial charge in [0.2, 0.25) is 5.88 Å². The van der Waals surface area contributed by atoms with Gasteiger partial charge in [-0.1, -0.05) is 75.7 Å². The summed E-state index contributed by atoms with van der Waals surface area (Å²) in [5.74, 6) is 0.911. The lowest BCUT2D eigenvalue weighted by Crippen LogP contribution is -2.21. The number of carbonyl (C=O) groups excluding carboxylic acids is 1. The molecule has 34 heavy (non-hydrogen) atoms. The van der Waals surface area contributed by atoms with Crippen molar-refractivity contribution in [2.24, 2.45) is 0 Å². The van der Waals surface area contributed by atoms with Crippen molar-refractivity contribution in [2.45, 2.75) is 53.4 Å². The molecule has 2 amide bonds. The number of halogens is 1. The van der Waals surface area contributed by atoms with E-state index >= 15 is 0 Å². The van der Waals surface area contributed by atoms with Gasteiger partial charge in [-0.25, -0.2) is 4.79 Å². The summed E-state index contributed by atoms with van der Waals surface area (Å²) in [5, 5.41) is 7.59. The summed E-state index contributed by atoms with van der Waals surface area (Å²) < 4.78 is 6.18. The quantitative estimate of drug-likeness (QED) is 0.302. The number of furan rings is 1. The molecule has 5 heteroatoms. The molecule has 0 saturated carbocycles. The standard InChI is InChI=1S/C29H31ClN2O2/c1-16(2)20-11-9-12-21(17(3)4)27(20)31-29(33)32-28-26(22-10-7-8-13-24(22)30)23-14-18(5)19(6)15-25(23)34-28/h7-17H,1-6H3,(H2,31,32,33). The van der Waals surface area contributed by atoms with Gasteiger partial charge in [0.25, 0.3) is 0 Å². The van der Waals surface area contributed by atoms with Crippen LogP contribution in [-0.2, 0) is 0 Å². The molecule has 0 aliphatic rings. The first kappa shape index (κ1) is 23.9. The summed E-state index contributed by atoms with van der Waals surface area (Å²) >= 11 is 6.57. The molecule has 0 unspecified atom stereocenters. The molecule has 0 saturated heterocycles. The van der Waals surface area contributed by atoms with Crippen LogP contribution in [0.1, 0.15) is 61.8 Å². The third-order valence-corrected chi connectivity index (χ3v) is 6.62. The smallest absolute Gasteiger partial charge is 0.326 e. The maximum atomic E-state index is 13.3. The maximum Gasteiger partial charge on any atom is 0.326 e. The first-order valence-corrected chi connectivity index (χ1v) is 12.0. The van der Waals surface area contributed by atoms with Crippen LogP contribution in [0.5, 0.6) is 0 Å². The van der Waals surface area contributed by atoms with E-state index in [1.54, 1.807) is 0 Å². The molecule has 176 valence electrons. The van der Waals surface area contributed by atoms with Gasteiger partial charge in [-0.15, -0.1) is 0 Å². The molecule has 1 heterocycles. The molecule has 3 aromatic carbocycles. The van der Waals surface area contributed by atoms with Crippen molar-refractivity contribution in [3.05, 3.63) is 81.9 Å². The summed E-state index contributed by atoms with van der Waals surface area (Å²) in [6, 6.07) is 17.5. The maximum absolute atomic E-state index is 13.3. The van der Waals surface area contributed by atoms with Crippen molar-refractivity contribution in [3.63, 3.8) is 0 Å². The minimum Gasteiger partial charge on any atom is -0.440 e. The van der Waals surface area contributed by atoms with Crippen molar-refractivity contribution in [3.8, 4) is 11.1 Å². The normalized spacial score (nSPS) is 11.4. The fourth-order valence-corrected chi connectivity index (χ4v) is 4.55. The fourth-order valence-electron chi connectivity index (χ4n) is 4.32. The van der Waals surface area contributed by atoms with E-state index in [9.17, 15) is 4.79 Å². The highest BCUT2D eigenvalue weighted by Gasteiger charge is 2.22. The Morgan fingerprint density at radius 1 is 0.853 bits per heavy atom. The summed E-state index contributed by atoms with van der Waals surface area (Å²) in [5.41, 5.74) is 7.62. The number of hydrogen-bond donors (Lipinski definition) is 2. The zero-order valence-corrected chi connectivity index (χ0v) is 21.3. The lowest BCUT2D eigenvalue weighted by atomic mass is 9.93. The molecule has 2 N–H and O–H groups in total. The molecule has 0 spiro atoms. The summed E-state index contributed by atoms with van der Waals surface area (Å²) in [6.07, 6.45) is 0. The molecule has 0 aliphatic heterocycles. The molecule has 4 rings (SSSR count). The third-order valence-electron chi connectivity index (χ3n) is 6.29. The van der Waals surface area contributed by atoms with Gasteiger partial charge in [-0.2, -0.15) is 0 Å². The number of fused-ring (bicyclic) bond motifs is 1. The zero-order chi connectivity index (χ0) is 24.6. The molecule has 0 bridgehead atoms. The van der Waals surface area contributed by atoms with E-state index in [0.717, 1.165) is 44.5 Å². The lowest BCUT2D eigenvalue weighted by molar-refractivity contribution is 0.261. The van der Waals surface area contributed by atoms with Gasteiger partial charge in [0.05, 0.1) is 5.56 Å². The number of benzene rings is 3. The summed E-state index contributed by atoms with van der Waals surface area (Å²) in [7, 11) is 0. The largest absolute Gasteiger partial charge is 0.440 e. The van der Waals surface area contributed by atoms with Crippen LogP contribution >= 0.6 is 11.6 Å². The van der Waals surface area contributed by atoms with Crippen LogP contribution in [0.15, 0.2) is 59.0 Å². The van der Waals surface area contributed by atoms with Gasteiger partial charge < -0.3 is 9.73 Å². The van der Waals surface area contributed by atoms with Crippen molar-refractivity contribution in [1.29, 1.82) is 0 Å². The van der Waals surface area contributed by atoms with Crippen molar-refractivity contribution >= 4 is 40.2 Å². The van der Waals surface area contributed by atoms with E-state index in [1.807, 2.05) is 43.3 Å². The topological polar surface area (TPSA) is 54.3 Å². The Labute approximate surface area is 206 Å². The van der Waals surface area contributed by atoms with E-state index in [0.29, 0.717) is 16.5 Å². The van der Waals surface area contributed by atoms with E-state index in [4.69, 9.17) is 16.0 Å². The minimum atomic E-state index is -0.351. The first-order chi connectivity index (χ1) is 16.2. The second-order valence-corrected chi connectivity index (χ2v) is 9.83. The molecule has 0 radical (unpaired) electrons. The van der Waals surface area contributed by atoms with E-state index in [2.05, 4.69) is 63.5 Å². The van der Waals surface area contributed by atoms with Gasteiger partial charge in [0, 0.05) is 21.7 Å². The van der Waals surface area contributed by atoms with Crippen LogP contribution in [0, 0.1) is 13.8 Å². The minimum absolute atomic E-state index is 0.268. The third kappa shape index (κ3) is 4.55. The monoisotopic (exact) mass is 474 g/mol. The Balaban J connectivity index is 1.79. The van der Waals surface area contributed by atoms with Crippen LogP contribution in [0.3, 0.4) is 0 Å². The molecular formula is C29H31ClN2O2. The van der Waals surface area contributed by atoms with E-state index in [-0.39, 0.29) is 17.9 Å². The summed E-state index contributed by atoms with van der Waals surface area (Å²) in [6.45, 7) is 12.6. The molecule has 0 atom stereocenters. The van der Waals surface area contributed by atoms with Crippen LogP contribution < -0.4 is 10.6 Å². The fraction of sp³-hybridized carbons (Fsp3) is 0.276. The number of nitrogens with one attached hydrogen (secondary N) is 2. The highest BCUT2D eigenvalue weighted by atomic mass is 35.5. The Kier molecular flexibility index (Phi) is 6.72. The van der Waals surface area contributed by atoms with Gasteiger partial charge in [-0.3, -0.25) is 5.32 Å². The van der Waals surface area contributed by atoms with Gasteiger partial charge in [-0.05, 0) is 66.1 Å². The molecule has 0 fully saturated rings. The first-order valence-electron chi connectivity index (χ1n) is 11.7. The molecule has 1 aromatic heterocycles. The van der Waals surface area contributed by atoms with E-state index in [1.165, 1.54) is 0 Å². The Morgan fingerprint density at radius 3 is 2.09 bits per heavy atom. The van der Waals surface area contributed by atoms with Crippen molar-refractivity contribution in [1.82, 2.24) is 0 Å². The Hall–Kier alpha value is -3.24. The van der Waals surface area contributed by atoms with Crippen LogP contribution in [0.2, 0.25) is 5.02 Å². The number of urea groups is 1. The molecule has 0 aliphatic carbocycles. The van der Waals surface area contributed by atoms with Crippen LogP contribution in [-0.4, -0.2) is 6.03 Å². The summed E-state index contributed by atoms with van der Waals surface area (Å²) in [4.78, 5) is 13.3. The van der Waals surface area contributed by atoms with Crippen molar-refractivity contribution in [2.75, 3.05) is 10.6 Å². The average Bonchev–Trinajstić information content (AvgIpc) is 3.10. The lowest BCUT2D eigenvalue weighted by Gasteiger charge is -2.20. The molecule has 4 nitrogen and oxygen atoms in total. The average molecular weight is 475 g/mol. The number of para-hydroxylation sites is 1. The van der Waals surface area contributed by atoms with Gasteiger partial charge >= 0.3 is 6.03 Å². The predicted octanol–water partition coefficient (Wildman–Crippen LogP) is 9.26. The zero-order valence-electron chi connectivity index (χ0n) is 20.5. The second kappa shape index (κ2) is 9.55. The van der Waals surface area contributed by atoms with Crippen LogP contribution in [0.4, 0.5) is 16.4 Å². The predicted molar refractivity (Wildman–Crippen MR) is 143 cm³/mol. The number of anilines is 2. The van der Waals surface area contributed by atoms with Crippen molar-refractivity contribution < 1.29 is 9.21 Å². The Morgan fingerprint density at radius 2 is 1.47 bits per heavy atom. The van der Waals surface area contributed by atoms with Gasteiger partial charge in [0.1, 0.15) is 5.58 Å². The number of amides is 2. The highest BCUT2D eigenvalue weighted by Crippen LogP contribution is 2.42. The van der Waals surface area contributed by atoms with Gasteiger partial charge in [0.15, 0.2) is 0 Å². The van der Waals surface area contributed by atoms with Crippen LogP contribution in [0.25, 0.3) is 22.1 Å².